The molecule has 3 aromatic rings. The molecule has 2 heterocycles. The third-order valence-corrected chi connectivity index (χ3v) is 4.93. The molecule has 0 aliphatic carbocycles. The summed E-state index contributed by atoms with van der Waals surface area (Å²) in [4.78, 5) is 23.2. The van der Waals surface area contributed by atoms with E-state index in [9.17, 15) is 14.9 Å². The zero-order chi connectivity index (χ0) is 18.1. The fraction of sp³-hybridized carbons (Fsp3) is 0.250. The predicted molar refractivity (Wildman–Crippen MR) is 101 cm³/mol. The first-order valence-electron chi connectivity index (χ1n) is 8.78. The number of nitro benzene ring substituents is 1. The van der Waals surface area contributed by atoms with Crippen molar-refractivity contribution in [3.8, 4) is 0 Å². The summed E-state index contributed by atoms with van der Waals surface area (Å²) in [6.07, 6.45) is 3.06. The van der Waals surface area contributed by atoms with Crippen LogP contribution in [0, 0.1) is 10.1 Å². The van der Waals surface area contributed by atoms with Crippen molar-refractivity contribution in [2.75, 3.05) is 11.9 Å². The van der Waals surface area contributed by atoms with Gasteiger partial charge in [0.05, 0.1) is 10.4 Å². The average Bonchev–Trinajstić information content (AvgIpc) is 2.97. The predicted octanol–water partition coefficient (Wildman–Crippen LogP) is 4.18. The summed E-state index contributed by atoms with van der Waals surface area (Å²) in [7, 11) is 0. The number of hydrogen-bond donors (Lipinski definition) is 1. The summed E-state index contributed by atoms with van der Waals surface area (Å²) in [5.74, 6) is 0.153. The Hall–Kier alpha value is -3.15. The van der Waals surface area contributed by atoms with E-state index in [1.807, 2.05) is 28.8 Å². The van der Waals surface area contributed by atoms with Crippen molar-refractivity contribution in [1.29, 1.82) is 0 Å². The van der Waals surface area contributed by atoms with Crippen LogP contribution in [0.3, 0.4) is 0 Å². The maximum atomic E-state index is 12.4. The fourth-order valence-corrected chi connectivity index (χ4v) is 3.81. The van der Waals surface area contributed by atoms with E-state index in [-0.39, 0.29) is 16.5 Å². The van der Waals surface area contributed by atoms with E-state index in [4.69, 9.17) is 0 Å². The second-order valence-electron chi connectivity index (χ2n) is 6.48. The first-order chi connectivity index (χ1) is 12.7. The summed E-state index contributed by atoms with van der Waals surface area (Å²) < 4.78 is 1.86. The lowest BCUT2D eigenvalue weighted by molar-refractivity contribution is -0.384. The van der Waals surface area contributed by atoms with E-state index < -0.39 is 0 Å². The van der Waals surface area contributed by atoms with Crippen molar-refractivity contribution in [3.05, 3.63) is 69.9 Å². The van der Waals surface area contributed by atoms with Gasteiger partial charge in [0, 0.05) is 30.1 Å². The van der Waals surface area contributed by atoms with E-state index in [1.54, 1.807) is 18.2 Å². The number of carbonyl (C=O) groups is 1. The third kappa shape index (κ3) is 2.73. The highest BCUT2D eigenvalue weighted by Crippen LogP contribution is 2.31. The van der Waals surface area contributed by atoms with Crippen LogP contribution in [0.4, 0.5) is 11.4 Å². The summed E-state index contributed by atoms with van der Waals surface area (Å²) in [5.41, 5.74) is 3.82. The Morgan fingerprint density at radius 3 is 2.69 bits per heavy atom. The largest absolute Gasteiger partial charge is 0.379 e. The number of carbonyl (C=O) groups excluding carboxylic acids is 1. The van der Waals surface area contributed by atoms with E-state index in [0.717, 1.165) is 29.4 Å². The smallest absolute Gasteiger partial charge is 0.292 e. The molecular weight excluding hydrogens is 330 g/mol. The number of benzene rings is 2. The highest BCUT2D eigenvalue weighted by molar-refractivity contribution is 5.96. The minimum absolute atomic E-state index is 0.0754. The zero-order valence-electron chi connectivity index (χ0n) is 14.3. The summed E-state index contributed by atoms with van der Waals surface area (Å²) in [5, 5.41) is 15.4. The second kappa shape index (κ2) is 6.63. The molecule has 0 unspecified atom stereocenters. The van der Waals surface area contributed by atoms with Crippen LogP contribution in [0.1, 0.15) is 28.9 Å². The average molecular weight is 349 g/mol. The Kier molecular flexibility index (Phi) is 4.16. The molecule has 0 fully saturated rings. The molecule has 1 aliphatic rings. The lowest BCUT2D eigenvalue weighted by Crippen LogP contribution is -2.20. The Morgan fingerprint density at radius 2 is 1.85 bits per heavy atom. The molecule has 0 radical (unpaired) electrons. The minimum Gasteiger partial charge on any atom is -0.379 e. The first-order valence-corrected chi connectivity index (χ1v) is 8.78. The van der Waals surface area contributed by atoms with Crippen molar-refractivity contribution in [3.63, 3.8) is 0 Å². The van der Waals surface area contributed by atoms with Crippen molar-refractivity contribution in [2.45, 2.75) is 25.7 Å². The SMILES string of the molecule is O=C1CCCc2c(CCNc3ccccc3[N+](=O)[O-])c3ccccc3n21. The van der Waals surface area contributed by atoms with Crippen molar-refractivity contribution < 1.29 is 9.72 Å². The molecule has 0 saturated heterocycles. The van der Waals surface area contributed by atoms with Gasteiger partial charge in [0.1, 0.15) is 5.69 Å². The molecule has 0 spiro atoms. The highest BCUT2D eigenvalue weighted by atomic mass is 16.6. The normalized spacial score (nSPS) is 13.6. The number of nitrogens with one attached hydrogen (secondary N) is 1. The Labute approximate surface area is 150 Å². The lowest BCUT2D eigenvalue weighted by atomic mass is 10.0. The van der Waals surface area contributed by atoms with Crippen LogP contribution >= 0.6 is 0 Å². The van der Waals surface area contributed by atoms with Crippen LogP contribution in [0.15, 0.2) is 48.5 Å². The van der Waals surface area contributed by atoms with E-state index >= 15 is 0 Å². The fourth-order valence-electron chi connectivity index (χ4n) is 3.81. The summed E-state index contributed by atoms with van der Waals surface area (Å²) in [6, 6.07) is 14.6. The molecule has 4 rings (SSSR count). The molecule has 1 N–H and O–H groups in total. The monoisotopic (exact) mass is 349 g/mol. The first kappa shape index (κ1) is 16.3. The maximum absolute atomic E-state index is 12.4. The number of aromatic nitrogens is 1. The Bertz CT molecular complexity index is 1010. The number of fused-ring (bicyclic) bond motifs is 3. The molecule has 0 bridgehead atoms. The van der Waals surface area contributed by atoms with Gasteiger partial charge >= 0.3 is 0 Å². The molecule has 1 aromatic heterocycles. The standard InChI is InChI=1S/C20H19N3O3/c24-20-11-5-10-18-15(14-6-1-3-8-17(14)22(18)20)12-13-21-16-7-2-4-9-19(16)23(25)26/h1-4,6-9,21H,5,10-13H2. The number of rotatable bonds is 5. The quantitative estimate of drug-likeness (QED) is 0.554. The van der Waals surface area contributed by atoms with Crippen LogP contribution in [-0.4, -0.2) is 21.9 Å². The van der Waals surface area contributed by atoms with Gasteiger partial charge in [-0.3, -0.25) is 19.5 Å². The Balaban J connectivity index is 1.63. The van der Waals surface area contributed by atoms with Crippen molar-refractivity contribution >= 4 is 28.2 Å². The molecule has 26 heavy (non-hydrogen) atoms. The molecule has 6 heteroatoms. The van der Waals surface area contributed by atoms with Gasteiger partial charge in [-0.1, -0.05) is 30.3 Å². The minimum atomic E-state index is -0.378. The van der Waals surface area contributed by atoms with Gasteiger partial charge in [-0.05, 0) is 37.0 Å². The molecule has 2 aromatic carbocycles. The molecule has 0 atom stereocenters. The topological polar surface area (TPSA) is 77.2 Å². The van der Waals surface area contributed by atoms with Gasteiger partial charge < -0.3 is 5.32 Å². The van der Waals surface area contributed by atoms with Crippen molar-refractivity contribution in [2.24, 2.45) is 0 Å². The van der Waals surface area contributed by atoms with Crippen LogP contribution in [0.2, 0.25) is 0 Å². The number of para-hydroxylation sites is 3. The Morgan fingerprint density at radius 1 is 1.08 bits per heavy atom. The van der Waals surface area contributed by atoms with Gasteiger partial charge in [0.15, 0.2) is 0 Å². The van der Waals surface area contributed by atoms with Crippen LogP contribution < -0.4 is 5.32 Å². The molecule has 1 aliphatic heterocycles. The van der Waals surface area contributed by atoms with Gasteiger partial charge in [-0.25, -0.2) is 0 Å². The lowest BCUT2D eigenvalue weighted by Gasteiger charge is -2.16. The van der Waals surface area contributed by atoms with E-state index in [0.29, 0.717) is 25.1 Å². The van der Waals surface area contributed by atoms with Gasteiger partial charge in [0.25, 0.3) is 5.69 Å². The molecule has 6 nitrogen and oxygen atoms in total. The van der Waals surface area contributed by atoms with E-state index in [2.05, 4.69) is 5.32 Å². The van der Waals surface area contributed by atoms with Crippen molar-refractivity contribution in [1.82, 2.24) is 4.57 Å². The van der Waals surface area contributed by atoms with Crippen LogP contribution in [0.5, 0.6) is 0 Å². The molecule has 0 saturated carbocycles. The van der Waals surface area contributed by atoms with Crippen LogP contribution in [0.25, 0.3) is 10.9 Å². The molecular formula is C20H19N3O3. The zero-order valence-corrected chi connectivity index (χ0v) is 14.3. The van der Waals surface area contributed by atoms with Gasteiger partial charge in [-0.2, -0.15) is 0 Å². The molecule has 0 amide bonds. The second-order valence-corrected chi connectivity index (χ2v) is 6.48. The number of hydrogen-bond acceptors (Lipinski definition) is 4. The van der Waals surface area contributed by atoms with Gasteiger partial charge in [0.2, 0.25) is 5.91 Å². The number of anilines is 1. The number of nitrogens with zero attached hydrogens (tertiary/aromatic N) is 2. The summed E-state index contributed by atoms with van der Waals surface area (Å²) in [6.45, 7) is 0.569. The number of nitro groups is 1. The summed E-state index contributed by atoms with van der Waals surface area (Å²) >= 11 is 0. The molecule has 132 valence electrons. The van der Waals surface area contributed by atoms with Gasteiger partial charge in [-0.15, -0.1) is 0 Å². The van der Waals surface area contributed by atoms with E-state index in [1.165, 1.54) is 11.6 Å². The maximum Gasteiger partial charge on any atom is 0.292 e. The third-order valence-electron chi connectivity index (χ3n) is 4.93. The van der Waals surface area contributed by atoms with Crippen LogP contribution in [-0.2, 0) is 12.8 Å². The highest BCUT2D eigenvalue weighted by Gasteiger charge is 2.24.